The van der Waals surface area contributed by atoms with Gasteiger partial charge in [0.1, 0.15) is 0 Å². The minimum absolute atomic E-state index is 0.00127. The number of aromatic nitrogens is 2. The summed E-state index contributed by atoms with van der Waals surface area (Å²) >= 11 is 7.25. The molecule has 0 saturated heterocycles. The second-order valence-electron chi connectivity index (χ2n) is 4.47. The van der Waals surface area contributed by atoms with Gasteiger partial charge in [-0.15, -0.1) is 0 Å². The SMILES string of the molecule is Cc1cnc(SCC(=O)O)n1C(C)c1cccc(Cl)c1. The number of aryl methyl sites for hydroxylation is 1. The summed E-state index contributed by atoms with van der Waals surface area (Å²) in [6, 6.07) is 7.70. The Morgan fingerprint density at radius 3 is 2.95 bits per heavy atom. The topological polar surface area (TPSA) is 55.1 Å². The number of imidazole rings is 1. The van der Waals surface area contributed by atoms with Crippen LogP contribution in [0, 0.1) is 6.92 Å². The third-order valence-electron chi connectivity index (χ3n) is 2.99. The van der Waals surface area contributed by atoms with Crippen molar-refractivity contribution in [2.75, 3.05) is 5.75 Å². The minimum atomic E-state index is -0.849. The third-order valence-corrected chi connectivity index (χ3v) is 4.18. The van der Waals surface area contributed by atoms with E-state index >= 15 is 0 Å². The number of carboxylic acid groups (broad SMARTS) is 1. The van der Waals surface area contributed by atoms with Crippen molar-refractivity contribution in [3.8, 4) is 0 Å². The molecule has 106 valence electrons. The summed E-state index contributed by atoms with van der Waals surface area (Å²) in [5, 5.41) is 10.2. The van der Waals surface area contributed by atoms with Gasteiger partial charge in [-0.25, -0.2) is 4.98 Å². The van der Waals surface area contributed by atoms with Gasteiger partial charge in [0.15, 0.2) is 5.16 Å². The highest BCUT2D eigenvalue weighted by Gasteiger charge is 2.16. The lowest BCUT2D eigenvalue weighted by atomic mass is 10.1. The lowest BCUT2D eigenvalue weighted by Gasteiger charge is -2.18. The summed E-state index contributed by atoms with van der Waals surface area (Å²) in [6.45, 7) is 4.00. The predicted molar refractivity (Wildman–Crippen MR) is 80.6 cm³/mol. The van der Waals surface area contributed by atoms with E-state index in [4.69, 9.17) is 16.7 Å². The van der Waals surface area contributed by atoms with Crippen LogP contribution in [0.25, 0.3) is 0 Å². The highest BCUT2D eigenvalue weighted by molar-refractivity contribution is 7.99. The Morgan fingerprint density at radius 1 is 1.55 bits per heavy atom. The first kappa shape index (κ1) is 14.9. The van der Waals surface area contributed by atoms with Crippen LogP contribution in [0.5, 0.6) is 0 Å². The van der Waals surface area contributed by atoms with E-state index in [1.54, 1.807) is 6.20 Å². The quantitative estimate of drug-likeness (QED) is 0.857. The monoisotopic (exact) mass is 310 g/mol. The molecule has 1 atom stereocenters. The van der Waals surface area contributed by atoms with Crippen molar-refractivity contribution in [1.29, 1.82) is 0 Å². The van der Waals surface area contributed by atoms with Gasteiger partial charge in [0.25, 0.3) is 0 Å². The lowest BCUT2D eigenvalue weighted by molar-refractivity contribution is -0.133. The molecule has 1 aromatic carbocycles. The molecule has 1 N–H and O–H groups in total. The van der Waals surface area contributed by atoms with Gasteiger partial charge >= 0.3 is 5.97 Å². The maximum absolute atomic E-state index is 10.7. The molecule has 4 nitrogen and oxygen atoms in total. The number of benzene rings is 1. The van der Waals surface area contributed by atoms with Gasteiger partial charge in [0, 0.05) is 16.9 Å². The van der Waals surface area contributed by atoms with Crippen LogP contribution >= 0.6 is 23.4 Å². The fourth-order valence-corrected chi connectivity index (χ4v) is 3.06. The standard InChI is InChI=1S/C14H15ClN2O2S/c1-9-7-16-14(20-8-13(18)19)17(9)10(2)11-4-3-5-12(15)6-11/h3-7,10H,8H2,1-2H3,(H,18,19). The smallest absolute Gasteiger partial charge is 0.313 e. The molecule has 0 aliphatic heterocycles. The highest BCUT2D eigenvalue weighted by Crippen LogP contribution is 2.28. The van der Waals surface area contributed by atoms with Crippen molar-refractivity contribution in [3.05, 3.63) is 46.7 Å². The van der Waals surface area contributed by atoms with E-state index in [9.17, 15) is 4.79 Å². The van der Waals surface area contributed by atoms with Gasteiger partial charge < -0.3 is 9.67 Å². The summed E-state index contributed by atoms with van der Waals surface area (Å²) in [5.41, 5.74) is 2.06. The number of halogens is 1. The van der Waals surface area contributed by atoms with E-state index in [0.717, 1.165) is 11.3 Å². The van der Waals surface area contributed by atoms with Crippen LogP contribution in [0.15, 0.2) is 35.6 Å². The molecular weight excluding hydrogens is 296 g/mol. The normalized spacial score (nSPS) is 12.3. The Hall–Kier alpha value is -1.46. The maximum Gasteiger partial charge on any atom is 0.313 e. The minimum Gasteiger partial charge on any atom is -0.481 e. The Balaban J connectivity index is 2.31. The maximum atomic E-state index is 10.7. The van der Waals surface area contributed by atoms with Crippen molar-refractivity contribution in [2.45, 2.75) is 25.0 Å². The van der Waals surface area contributed by atoms with E-state index in [1.807, 2.05) is 42.7 Å². The number of aliphatic carboxylic acids is 1. The van der Waals surface area contributed by atoms with Gasteiger partial charge in [-0.2, -0.15) is 0 Å². The van der Waals surface area contributed by atoms with Crippen LogP contribution in [-0.2, 0) is 4.79 Å². The largest absolute Gasteiger partial charge is 0.481 e. The highest BCUT2D eigenvalue weighted by atomic mass is 35.5. The van der Waals surface area contributed by atoms with E-state index < -0.39 is 5.97 Å². The molecule has 2 rings (SSSR count). The molecule has 1 heterocycles. The molecule has 20 heavy (non-hydrogen) atoms. The van der Waals surface area contributed by atoms with Crippen LogP contribution in [-0.4, -0.2) is 26.4 Å². The van der Waals surface area contributed by atoms with E-state index in [2.05, 4.69) is 4.98 Å². The summed E-state index contributed by atoms with van der Waals surface area (Å²) in [4.78, 5) is 15.0. The zero-order valence-electron chi connectivity index (χ0n) is 11.2. The van der Waals surface area contributed by atoms with Crippen molar-refractivity contribution >= 4 is 29.3 Å². The number of carbonyl (C=O) groups is 1. The first-order chi connectivity index (χ1) is 9.49. The molecule has 1 unspecified atom stereocenters. The fraction of sp³-hybridized carbons (Fsp3) is 0.286. The Labute approximate surface area is 126 Å². The number of nitrogens with zero attached hydrogens (tertiary/aromatic N) is 2. The van der Waals surface area contributed by atoms with Crippen LogP contribution in [0.1, 0.15) is 24.2 Å². The summed E-state index contributed by atoms with van der Waals surface area (Å²) < 4.78 is 2.03. The molecule has 0 aliphatic carbocycles. The molecular formula is C14H15ClN2O2S. The van der Waals surface area contributed by atoms with Crippen LogP contribution in [0.3, 0.4) is 0 Å². The van der Waals surface area contributed by atoms with Gasteiger partial charge in [0.05, 0.1) is 11.8 Å². The number of rotatable bonds is 5. The molecule has 1 aromatic heterocycles. The van der Waals surface area contributed by atoms with Gasteiger partial charge in [-0.1, -0.05) is 35.5 Å². The zero-order valence-corrected chi connectivity index (χ0v) is 12.8. The summed E-state index contributed by atoms with van der Waals surface area (Å²) in [5.74, 6) is -0.851. The average molecular weight is 311 g/mol. The van der Waals surface area contributed by atoms with Crippen molar-refractivity contribution in [1.82, 2.24) is 9.55 Å². The second-order valence-corrected chi connectivity index (χ2v) is 5.84. The molecule has 0 radical (unpaired) electrons. The van der Waals surface area contributed by atoms with Crippen molar-refractivity contribution < 1.29 is 9.90 Å². The van der Waals surface area contributed by atoms with Crippen LogP contribution in [0.2, 0.25) is 5.02 Å². The zero-order chi connectivity index (χ0) is 14.7. The number of carboxylic acids is 1. The molecule has 0 spiro atoms. The fourth-order valence-electron chi connectivity index (χ4n) is 2.04. The first-order valence-corrected chi connectivity index (χ1v) is 7.49. The molecule has 6 heteroatoms. The van der Waals surface area contributed by atoms with Gasteiger partial charge in [-0.3, -0.25) is 4.79 Å². The molecule has 0 amide bonds. The van der Waals surface area contributed by atoms with E-state index in [-0.39, 0.29) is 11.8 Å². The number of hydrogen-bond acceptors (Lipinski definition) is 3. The van der Waals surface area contributed by atoms with Crippen LogP contribution < -0.4 is 0 Å². The number of thioether (sulfide) groups is 1. The Bertz CT molecular complexity index is 627. The molecule has 0 saturated carbocycles. The summed E-state index contributed by atoms with van der Waals surface area (Å²) in [7, 11) is 0. The predicted octanol–water partition coefficient (Wildman–Crippen LogP) is 3.63. The van der Waals surface area contributed by atoms with Crippen LogP contribution in [0.4, 0.5) is 0 Å². The van der Waals surface area contributed by atoms with E-state index in [0.29, 0.717) is 10.2 Å². The second kappa shape index (κ2) is 6.33. The first-order valence-electron chi connectivity index (χ1n) is 6.13. The number of hydrogen-bond donors (Lipinski definition) is 1. The molecule has 0 bridgehead atoms. The lowest BCUT2D eigenvalue weighted by Crippen LogP contribution is -2.11. The van der Waals surface area contributed by atoms with Crippen molar-refractivity contribution in [3.63, 3.8) is 0 Å². The Kier molecular flexibility index (Phi) is 4.73. The third kappa shape index (κ3) is 3.35. The van der Waals surface area contributed by atoms with Crippen molar-refractivity contribution in [2.24, 2.45) is 0 Å². The van der Waals surface area contributed by atoms with E-state index in [1.165, 1.54) is 11.8 Å². The molecule has 0 aliphatic rings. The average Bonchev–Trinajstić information content (AvgIpc) is 2.76. The Morgan fingerprint density at radius 2 is 2.30 bits per heavy atom. The van der Waals surface area contributed by atoms with Gasteiger partial charge in [-0.05, 0) is 31.5 Å². The molecule has 2 aromatic rings. The summed E-state index contributed by atoms with van der Waals surface area (Å²) in [6.07, 6.45) is 1.76. The molecule has 0 fully saturated rings. The van der Waals surface area contributed by atoms with Gasteiger partial charge in [0.2, 0.25) is 0 Å².